The van der Waals surface area contributed by atoms with E-state index < -0.39 is 24.5 Å². The molecule has 0 fully saturated rings. The summed E-state index contributed by atoms with van der Waals surface area (Å²) in [7, 11) is 1.48. The summed E-state index contributed by atoms with van der Waals surface area (Å²) in [5.74, 6) is -0.934. The zero-order valence-corrected chi connectivity index (χ0v) is 18.0. The van der Waals surface area contributed by atoms with Crippen molar-refractivity contribution in [2.45, 2.75) is 6.18 Å². The molecule has 0 atom stereocenters. The molecule has 7 nitrogen and oxygen atoms in total. The Bertz CT molecular complexity index is 1360. The molecule has 0 saturated carbocycles. The van der Waals surface area contributed by atoms with Crippen LogP contribution in [0, 0.1) is 0 Å². The Morgan fingerprint density at radius 3 is 2.44 bits per heavy atom. The fraction of sp³-hybridized carbons (Fsp3) is 0.167. The molecular weight excluding hydrogens is 451 g/mol. The summed E-state index contributed by atoms with van der Waals surface area (Å²) in [6.45, 7) is -1.70. The fourth-order valence-corrected chi connectivity index (χ4v) is 3.50. The maximum Gasteiger partial charge on any atom is 0.405 e. The van der Waals surface area contributed by atoms with Gasteiger partial charge in [-0.15, -0.1) is 0 Å². The van der Waals surface area contributed by atoms with Crippen LogP contribution in [0.1, 0.15) is 10.4 Å². The lowest BCUT2D eigenvalue weighted by atomic mass is 10.1. The molecule has 4 rings (SSSR count). The van der Waals surface area contributed by atoms with E-state index in [1.54, 1.807) is 18.2 Å². The van der Waals surface area contributed by atoms with Crippen LogP contribution < -0.4 is 20.7 Å². The van der Waals surface area contributed by atoms with E-state index in [2.05, 4.69) is 10.6 Å². The SMILES string of the molecule is COc1cc2c(cc1NC(=O)CNc1ccccc1C(=O)NCC(F)(F)F)oc1ccccc12. The summed E-state index contributed by atoms with van der Waals surface area (Å²) < 4.78 is 48.5. The van der Waals surface area contributed by atoms with E-state index in [1.165, 1.54) is 25.3 Å². The van der Waals surface area contributed by atoms with Gasteiger partial charge in [-0.05, 0) is 24.3 Å². The van der Waals surface area contributed by atoms with Gasteiger partial charge in [0, 0.05) is 22.5 Å². The van der Waals surface area contributed by atoms with Crippen molar-refractivity contribution >= 4 is 45.1 Å². The van der Waals surface area contributed by atoms with Crippen LogP contribution in [-0.4, -0.2) is 38.2 Å². The molecule has 10 heteroatoms. The van der Waals surface area contributed by atoms with E-state index in [-0.39, 0.29) is 17.8 Å². The van der Waals surface area contributed by atoms with Crippen molar-refractivity contribution in [2.24, 2.45) is 0 Å². The molecule has 0 bridgehead atoms. The third-order valence-electron chi connectivity index (χ3n) is 5.03. The van der Waals surface area contributed by atoms with Crippen LogP contribution in [0.3, 0.4) is 0 Å². The Hall–Kier alpha value is -4.21. The van der Waals surface area contributed by atoms with Crippen molar-refractivity contribution in [1.82, 2.24) is 5.32 Å². The Kier molecular flexibility index (Phi) is 6.31. The number of carbonyl (C=O) groups is 2. The summed E-state index contributed by atoms with van der Waals surface area (Å²) in [5, 5.41) is 9.08. The first-order chi connectivity index (χ1) is 16.2. The first-order valence-electron chi connectivity index (χ1n) is 10.2. The molecule has 1 heterocycles. The van der Waals surface area contributed by atoms with Crippen LogP contribution in [0.4, 0.5) is 24.5 Å². The molecule has 0 unspecified atom stereocenters. The lowest BCUT2D eigenvalue weighted by molar-refractivity contribution is -0.123. The molecule has 0 aliphatic carbocycles. The number of benzene rings is 3. The third kappa shape index (κ3) is 5.06. The van der Waals surface area contributed by atoms with Gasteiger partial charge in [-0.3, -0.25) is 9.59 Å². The van der Waals surface area contributed by atoms with Crippen LogP contribution in [-0.2, 0) is 4.79 Å². The normalized spacial score (nSPS) is 11.4. The molecule has 4 aromatic rings. The monoisotopic (exact) mass is 471 g/mol. The van der Waals surface area contributed by atoms with Gasteiger partial charge >= 0.3 is 6.18 Å². The Morgan fingerprint density at radius 1 is 0.941 bits per heavy atom. The highest BCUT2D eigenvalue weighted by Crippen LogP contribution is 2.36. The average Bonchev–Trinajstić information content (AvgIpc) is 3.17. The molecule has 0 radical (unpaired) electrons. The van der Waals surface area contributed by atoms with Gasteiger partial charge in [0.05, 0.1) is 24.9 Å². The van der Waals surface area contributed by atoms with E-state index >= 15 is 0 Å². The lowest BCUT2D eigenvalue weighted by Crippen LogP contribution is -2.34. The quantitative estimate of drug-likeness (QED) is 0.355. The number of fused-ring (bicyclic) bond motifs is 3. The summed E-state index contributed by atoms with van der Waals surface area (Å²) in [5.41, 5.74) is 1.86. The number of rotatable bonds is 7. The minimum Gasteiger partial charge on any atom is -0.495 e. The van der Waals surface area contributed by atoms with Gasteiger partial charge in [0.2, 0.25) is 5.91 Å². The minimum atomic E-state index is -4.53. The van der Waals surface area contributed by atoms with Crippen LogP contribution in [0.15, 0.2) is 65.1 Å². The molecule has 34 heavy (non-hydrogen) atoms. The van der Waals surface area contributed by atoms with E-state index in [4.69, 9.17) is 9.15 Å². The standard InChI is InChI=1S/C24H20F3N3O4/c1-33-21-10-16-14-6-3-5-9-19(14)34-20(16)11-18(21)30-22(31)12-28-17-8-4-2-7-15(17)23(32)29-13-24(25,26)27/h2-11,28H,12-13H2,1H3,(H,29,32)(H,30,31). The number of hydrogen-bond acceptors (Lipinski definition) is 5. The Balaban J connectivity index is 1.47. The maximum atomic E-state index is 12.6. The number of nitrogens with one attached hydrogen (secondary N) is 3. The number of amides is 2. The molecule has 0 aliphatic rings. The number of hydrogen-bond donors (Lipinski definition) is 3. The molecular formula is C24H20F3N3O4. The highest BCUT2D eigenvalue weighted by molar-refractivity contribution is 6.08. The van der Waals surface area contributed by atoms with Gasteiger partial charge in [0.1, 0.15) is 23.5 Å². The third-order valence-corrected chi connectivity index (χ3v) is 5.03. The largest absolute Gasteiger partial charge is 0.495 e. The second-order valence-corrected chi connectivity index (χ2v) is 7.39. The topological polar surface area (TPSA) is 92.6 Å². The van der Waals surface area contributed by atoms with Gasteiger partial charge < -0.3 is 25.1 Å². The first-order valence-corrected chi connectivity index (χ1v) is 10.2. The number of para-hydroxylation sites is 2. The number of ether oxygens (including phenoxy) is 1. The number of furan rings is 1. The Labute approximate surface area is 191 Å². The van der Waals surface area contributed by atoms with Crippen LogP contribution in [0.25, 0.3) is 21.9 Å². The molecule has 3 N–H and O–H groups in total. The van der Waals surface area contributed by atoms with Crippen molar-refractivity contribution < 1.29 is 31.9 Å². The number of anilines is 2. The van der Waals surface area contributed by atoms with Gasteiger partial charge in [-0.2, -0.15) is 13.2 Å². The second-order valence-electron chi connectivity index (χ2n) is 7.39. The van der Waals surface area contributed by atoms with Crippen molar-refractivity contribution in [3.05, 3.63) is 66.2 Å². The van der Waals surface area contributed by atoms with Crippen molar-refractivity contribution in [2.75, 3.05) is 30.8 Å². The van der Waals surface area contributed by atoms with E-state index in [1.807, 2.05) is 29.6 Å². The molecule has 0 spiro atoms. The highest BCUT2D eigenvalue weighted by atomic mass is 19.4. The second kappa shape index (κ2) is 9.34. The molecule has 176 valence electrons. The van der Waals surface area contributed by atoms with Crippen LogP contribution in [0.2, 0.25) is 0 Å². The van der Waals surface area contributed by atoms with Crippen molar-refractivity contribution in [3.8, 4) is 5.75 Å². The smallest absolute Gasteiger partial charge is 0.405 e. The average molecular weight is 471 g/mol. The summed E-state index contributed by atoms with van der Waals surface area (Å²) >= 11 is 0. The van der Waals surface area contributed by atoms with Gasteiger partial charge in [0.15, 0.2) is 0 Å². The minimum absolute atomic E-state index is 0.0131. The van der Waals surface area contributed by atoms with E-state index in [0.29, 0.717) is 22.6 Å². The molecule has 0 saturated heterocycles. The number of alkyl halides is 3. The fourth-order valence-electron chi connectivity index (χ4n) is 3.50. The number of methoxy groups -OCH3 is 1. The zero-order valence-electron chi connectivity index (χ0n) is 18.0. The summed E-state index contributed by atoms with van der Waals surface area (Å²) in [6, 6.07) is 16.9. The highest BCUT2D eigenvalue weighted by Gasteiger charge is 2.28. The van der Waals surface area contributed by atoms with E-state index in [9.17, 15) is 22.8 Å². The zero-order chi connectivity index (χ0) is 24.3. The molecule has 0 aliphatic heterocycles. The van der Waals surface area contributed by atoms with Crippen LogP contribution >= 0.6 is 0 Å². The van der Waals surface area contributed by atoms with Crippen molar-refractivity contribution in [3.63, 3.8) is 0 Å². The number of carbonyl (C=O) groups excluding carboxylic acids is 2. The Morgan fingerprint density at radius 2 is 1.68 bits per heavy atom. The van der Waals surface area contributed by atoms with Gasteiger partial charge in [-0.1, -0.05) is 30.3 Å². The summed E-state index contributed by atoms with van der Waals surface area (Å²) in [6.07, 6.45) is -4.53. The predicted octanol–water partition coefficient (Wildman–Crippen LogP) is 4.94. The van der Waals surface area contributed by atoms with Gasteiger partial charge in [0.25, 0.3) is 5.91 Å². The molecule has 3 aromatic carbocycles. The van der Waals surface area contributed by atoms with E-state index in [0.717, 1.165) is 10.8 Å². The van der Waals surface area contributed by atoms with Gasteiger partial charge in [-0.25, -0.2) is 0 Å². The lowest BCUT2D eigenvalue weighted by Gasteiger charge is -2.14. The maximum absolute atomic E-state index is 12.6. The van der Waals surface area contributed by atoms with Crippen LogP contribution in [0.5, 0.6) is 5.75 Å². The number of halogens is 3. The molecule has 1 aromatic heterocycles. The predicted molar refractivity (Wildman–Crippen MR) is 122 cm³/mol. The van der Waals surface area contributed by atoms with Crippen molar-refractivity contribution in [1.29, 1.82) is 0 Å². The molecule has 2 amide bonds. The summed E-state index contributed by atoms with van der Waals surface area (Å²) in [4.78, 5) is 24.7. The first kappa shape index (κ1) is 23.0.